The zero-order valence-corrected chi connectivity index (χ0v) is 15.7. The van der Waals surface area contributed by atoms with E-state index in [1.165, 1.54) is 12.8 Å². The summed E-state index contributed by atoms with van der Waals surface area (Å²) in [6.07, 6.45) is 4.41. The molecule has 0 amide bonds. The fourth-order valence-corrected chi connectivity index (χ4v) is 3.13. The van der Waals surface area contributed by atoms with Crippen LogP contribution in [0.4, 0.5) is 5.69 Å². The van der Waals surface area contributed by atoms with E-state index in [9.17, 15) is 0 Å². The van der Waals surface area contributed by atoms with E-state index in [2.05, 4.69) is 15.2 Å². The van der Waals surface area contributed by atoms with Gasteiger partial charge in [-0.3, -0.25) is 0 Å². The lowest BCUT2D eigenvalue weighted by Gasteiger charge is -2.32. The van der Waals surface area contributed by atoms with Crippen LogP contribution in [0.15, 0.2) is 24.4 Å². The largest absolute Gasteiger partial charge is 0.495 e. The Kier molecular flexibility index (Phi) is 3.94. The van der Waals surface area contributed by atoms with Gasteiger partial charge in [-0.2, -0.15) is 0 Å². The number of rotatable bonds is 4. The van der Waals surface area contributed by atoms with E-state index in [-0.39, 0.29) is 0 Å². The number of aromatic nitrogens is 3. The van der Waals surface area contributed by atoms with Gasteiger partial charge in [0, 0.05) is 12.1 Å². The topological polar surface area (TPSA) is 53.5 Å². The molecular weight excluding hydrogens is 327 g/mol. The lowest BCUT2D eigenvalue weighted by Crippen LogP contribution is -2.41. The zero-order chi connectivity index (χ0) is 18.5. The van der Waals surface area contributed by atoms with Gasteiger partial charge >= 0.3 is 7.12 Å². The van der Waals surface area contributed by atoms with Crippen LogP contribution in [0.2, 0.25) is 0 Å². The van der Waals surface area contributed by atoms with Crippen molar-refractivity contribution in [2.45, 2.75) is 64.2 Å². The zero-order valence-electron chi connectivity index (χ0n) is 15.7. The van der Waals surface area contributed by atoms with Crippen LogP contribution in [-0.4, -0.2) is 33.3 Å². The molecule has 4 rings (SSSR count). The summed E-state index contributed by atoms with van der Waals surface area (Å²) in [4.78, 5) is 3.56. The second kappa shape index (κ2) is 5.93. The number of benzene rings is 1. The van der Waals surface area contributed by atoms with Gasteiger partial charge in [-0.25, -0.2) is 9.53 Å². The Morgan fingerprint density at radius 2 is 1.92 bits per heavy atom. The van der Waals surface area contributed by atoms with Gasteiger partial charge in [0.05, 0.1) is 30.0 Å². The van der Waals surface area contributed by atoms with Crippen molar-refractivity contribution in [2.24, 2.45) is 0 Å². The van der Waals surface area contributed by atoms with E-state index in [1.807, 2.05) is 56.8 Å². The number of hydrogen-bond donors (Lipinski definition) is 0. The minimum absolute atomic E-state index is 0.403. The van der Waals surface area contributed by atoms with Crippen LogP contribution in [0, 0.1) is 6.57 Å². The summed E-state index contributed by atoms with van der Waals surface area (Å²) in [5.74, 6) is 0.570. The molecule has 0 radical (unpaired) electrons. The van der Waals surface area contributed by atoms with Crippen molar-refractivity contribution in [2.75, 3.05) is 0 Å². The Hall–Kier alpha value is -2.17. The second-order valence-corrected chi connectivity index (χ2v) is 8.20. The molecule has 1 aliphatic carbocycles. The SMILES string of the molecule is [C-]#[N+]c1ccc(B2OC(C)(C)C(C)(C)O2)c(Cn2cc(C3CC3)nn2)c1. The lowest BCUT2D eigenvalue weighted by molar-refractivity contribution is 0.00578. The normalized spacial score (nSPS) is 21.0. The van der Waals surface area contributed by atoms with E-state index >= 15 is 0 Å². The van der Waals surface area contributed by atoms with Crippen LogP contribution in [0.1, 0.15) is 57.7 Å². The first kappa shape index (κ1) is 17.3. The molecule has 2 fully saturated rings. The minimum Gasteiger partial charge on any atom is -0.399 e. The predicted octanol–water partition coefficient (Wildman–Crippen LogP) is 3.05. The maximum absolute atomic E-state index is 7.32. The molecule has 0 unspecified atom stereocenters. The van der Waals surface area contributed by atoms with Crippen molar-refractivity contribution in [3.63, 3.8) is 0 Å². The summed E-state index contributed by atoms with van der Waals surface area (Å²) in [5.41, 5.74) is 2.77. The van der Waals surface area contributed by atoms with Gasteiger partial charge in [0.25, 0.3) is 0 Å². The first-order valence-electron chi connectivity index (χ1n) is 9.05. The first-order chi connectivity index (χ1) is 12.3. The highest BCUT2D eigenvalue weighted by molar-refractivity contribution is 6.62. The van der Waals surface area contributed by atoms with Crippen LogP contribution >= 0.6 is 0 Å². The van der Waals surface area contributed by atoms with Crippen molar-refractivity contribution in [3.05, 3.63) is 47.1 Å². The minimum atomic E-state index is -0.457. The number of nitrogens with zero attached hydrogens (tertiary/aromatic N) is 4. The van der Waals surface area contributed by atoms with Gasteiger partial charge in [0.1, 0.15) is 0 Å². The average Bonchev–Trinajstić information content (AvgIpc) is 3.28. The predicted molar refractivity (Wildman–Crippen MR) is 99.5 cm³/mol. The summed E-state index contributed by atoms with van der Waals surface area (Å²) in [5, 5.41) is 8.54. The summed E-state index contributed by atoms with van der Waals surface area (Å²) in [6.45, 7) is 16.0. The van der Waals surface area contributed by atoms with E-state index in [0.29, 0.717) is 18.2 Å². The molecule has 0 N–H and O–H groups in total. The molecule has 1 aliphatic heterocycles. The third kappa shape index (κ3) is 3.04. The quantitative estimate of drug-likeness (QED) is 0.628. The molecule has 2 aromatic rings. The summed E-state index contributed by atoms with van der Waals surface area (Å²) in [7, 11) is -0.457. The van der Waals surface area contributed by atoms with Crippen molar-refractivity contribution >= 4 is 18.3 Å². The molecule has 7 heteroatoms. The van der Waals surface area contributed by atoms with E-state index in [0.717, 1.165) is 16.7 Å². The van der Waals surface area contributed by atoms with E-state index < -0.39 is 18.3 Å². The first-order valence-corrected chi connectivity index (χ1v) is 9.05. The Bertz CT molecular complexity index is 864. The maximum Gasteiger partial charge on any atom is 0.495 e. The smallest absolute Gasteiger partial charge is 0.399 e. The Morgan fingerprint density at radius 1 is 1.23 bits per heavy atom. The fourth-order valence-electron chi connectivity index (χ4n) is 3.13. The third-order valence-electron chi connectivity index (χ3n) is 5.65. The molecule has 26 heavy (non-hydrogen) atoms. The highest BCUT2D eigenvalue weighted by Crippen LogP contribution is 2.39. The fraction of sp³-hybridized carbons (Fsp3) is 0.526. The van der Waals surface area contributed by atoms with Crippen LogP contribution in [0.5, 0.6) is 0 Å². The van der Waals surface area contributed by atoms with E-state index in [1.54, 1.807) is 0 Å². The van der Waals surface area contributed by atoms with Crippen LogP contribution < -0.4 is 5.46 Å². The standard InChI is InChI=1S/C19H23BN4O2/c1-18(2)19(3,4)26-20(25-18)16-9-8-15(21-5)10-14(16)11-24-12-17(22-23-24)13-6-7-13/h8-10,12-13H,6-7,11H2,1-4H3. The van der Waals surface area contributed by atoms with Crippen molar-refractivity contribution in [1.29, 1.82) is 0 Å². The molecule has 0 spiro atoms. The molecule has 6 nitrogen and oxygen atoms in total. The third-order valence-corrected chi connectivity index (χ3v) is 5.65. The lowest BCUT2D eigenvalue weighted by atomic mass is 9.75. The van der Waals surface area contributed by atoms with Crippen LogP contribution in [0.25, 0.3) is 4.85 Å². The van der Waals surface area contributed by atoms with Gasteiger partial charge in [0.15, 0.2) is 5.69 Å². The van der Waals surface area contributed by atoms with Crippen molar-refractivity contribution in [1.82, 2.24) is 15.0 Å². The molecule has 2 aliphatic rings. The molecular formula is C19H23BN4O2. The molecule has 1 aromatic carbocycles. The second-order valence-electron chi connectivity index (χ2n) is 8.20. The average molecular weight is 350 g/mol. The van der Waals surface area contributed by atoms with Gasteiger partial charge in [0.2, 0.25) is 0 Å². The van der Waals surface area contributed by atoms with Gasteiger partial charge < -0.3 is 9.31 Å². The van der Waals surface area contributed by atoms with Crippen LogP contribution in [-0.2, 0) is 15.9 Å². The van der Waals surface area contributed by atoms with Crippen molar-refractivity contribution in [3.8, 4) is 0 Å². The van der Waals surface area contributed by atoms with Crippen LogP contribution in [0.3, 0.4) is 0 Å². The molecule has 0 atom stereocenters. The van der Waals surface area contributed by atoms with Gasteiger partial charge in [-0.05, 0) is 51.6 Å². The Morgan fingerprint density at radius 3 is 2.54 bits per heavy atom. The molecule has 1 saturated carbocycles. The monoisotopic (exact) mass is 350 g/mol. The Labute approximate surface area is 154 Å². The van der Waals surface area contributed by atoms with Gasteiger partial charge in [-0.1, -0.05) is 23.4 Å². The Balaban J connectivity index is 1.65. The van der Waals surface area contributed by atoms with E-state index in [4.69, 9.17) is 15.9 Å². The molecule has 0 bridgehead atoms. The molecule has 1 aromatic heterocycles. The van der Waals surface area contributed by atoms with Crippen molar-refractivity contribution < 1.29 is 9.31 Å². The molecule has 1 saturated heterocycles. The summed E-state index contributed by atoms with van der Waals surface area (Å²) >= 11 is 0. The summed E-state index contributed by atoms with van der Waals surface area (Å²) in [6, 6.07) is 5.64. The molecule has 2 heterocycles. The summed E-state index contributed by atoms with van der Waals surface area (Å²) < 4.78 is 14.3. The highest BCUT2D eigenvalue weighted by Gasteiger charge is 2.52. The maximum atomic E-state index is 7.32. The number of hydrogen-bond acceptors (Lipinski definition) is 4. The van der Waals surface area contributed by atoms with Gasteiger partial charge in [-0.15, -0.1) is 5.10 Å². The molecule has 134 valence electrons. The highest BCUT2D eigenvalue weighted by atomic mass is 16.7.